The average molecular weight is 254 g/mol. The van der Waals surface area contributed by atoms with Crippen molar-refractivity contribution in [3.8, 4) is 0 Å². The van der Waals surface area contributed by atoms with Crippen LogP contribution >= 0.6 is 0 Å². The van der Waals surface area contributed by atoms with E-state index in [4.69, 9.17) is 5.73 Å². The van der Waals surface area contributed by atoms with Crippen LogP contribution in [0, 0.1) is 11.8 Å². The second kappa shape index (κ2) is 6.55. The van der Waals surface area contributed by atoms with Crippen molar-refractivity contribution < 1.29 is 4.79 Å². The molecule has 18 heavy (non-hydrogen) atoms. The lowest BCUT2D eigenvalue weighted by Gasteiger charge is -2.36. The molecule has 0 radical (unpaired) electrons. The maximum atomic E-state index is 12.3. The van der Waals surface area contributed by atoms with Gasteiger partial charge in [0.25, 0.3) is 0 Å². The van der Waals surface area contributed by atoms with Gasteiger partial charge < -0.3 is 11.1 Å². The standard InChI is InChI=1S/C15H30N2O/c1-5-11(2)9-13(4)17-14(18)15(16)8-6-7-12(3)10-15/h11-13H,5-10,16H2,1-4H3,(H,17,18). The van der Waals surface area contributed by atoms with Crippen molar-refractivity contribution in [3.63, 3.8) is 0 Å². The van der Waals surface area contributed by atoms with Crippen molar-refractivity contribution in [2.75, 3.05) is 0 Å². The summed E-state index contributed by atoms with van der Waals surface area (Å²) in [5, 5.41) is 3.11. The minimum atomic E-state index is -0.624. The van der Waals surface area contributed by atoms with Gasteiger partial charge in [0.2, 0.25) is 5.91 Å². The van der Waals surface area contributed by atoms with E-state index in [1.807, 2.05) is 0 Å². The number of hydrogen-bond acceptors (Lipinski definition) is 2. The van der Waals surface area contributed by atoms with Crippen LogP contribution in [-0.2, 0) is 4.79 Å². The molecule has 3 N–H and O–H groups in total. The number of nitrogens with two attached hydrogens (primary N) is 1. The molecule has 0 heterocycles. The van der Waals surface area contributed by atoms with E-state index >= 15 is 0 Å². The molecule has 0 aromatic carbocycles. The van der Waals surface area contributed by atoms with Gasteiger partial charge in [-0.3, -0.25) is 4.79 Å². The third kappa shape index (κ3) is 4.27. The lowest BCUT2D eigenvalue weighted by Crippen LogP contribution is -2.57. The molecule has 0 bridgehead atoms. The van der Waals surface area contributed by atoms with Crippen LogP contribution < -0.4 is 11.1 Å². The van der Waals surface area contributed by atoms with Gasteiger partial charge in [-0.1, -0.05) is 40.0 Å². The number of carbonyl (C=O) groups excluding carboxylic acids is 1. The molecule has 0 aromatic rings. The second-order valence-corrected chi connectivity index (χ2v) is 6.48. The van der Waals surface area contributed by atoms with Gasteiger partial charge in [0.15, 0.2) is 0 Å². The summed E-state index contributed by atoms with van der Waals surface area (Å²) in [6.07, 6.45) is 6.13. The molecule has 1 amide bonds. The summed E-state index contributed by atoms with van der Waals surface area (Å²) < 4.78 is 0. The van der Waals surface area contributed by atoms with E-state index in [1.165, 1.54) is 6.42 Å². The maximum absolute atomic E-state index is 12.3. The molecule has 0 saturated heterocycles. The van der Waals surface area contributed by atoms with Crippen molar-refractivity contribution in [2.24, 2.45) is 17.6 Å². The van der Waals surface area contributed by atoms with E-state index in [2.05, 4.69) is 33.0 Å². The van der Waals surface area contributed by atoms with Crippen LogP contribution in [0.2, 0.25) is 0 Å². The van der Waals surface area contributed by atoms with E-state index in [0.717, 1.165) is 32.1 Å². The fourth-order valence-corrected chi connectivity index (χ4v) is 2.99. The van der Waals surface area contributed by atoms with E-state index in [1.54, 1.807) is 0 Å². The molecule has 0 spiro atoms. The van der Waals surface area contributed by atoms with Crippen molar-refractivity contribution >= 4 is 5.91 Å². The summed E-state index contributed by atoms with van der Waals surface area (Å²) in [7, 11) is 0. The molecule has 106 valence electrons. The zero-order valence-corrected chi connectivity index (χ0v) is 12.5. The first-order chi connectivity index (χ1) is 8.37. The number of carbonyl (C=O) groups is 1. The molecule has 1 aliphatic carbocycles. The largest absolute Gasteiger partial charge is 0.352 e. The normalized spacial score (nSPS) is 31.7. The lowest BCUT2D eigenvalue weighted by atomic mass is 9.76. The van der Waals surface area contributed by atoms with Crippen LogP contribution in [0.1, 0.15) is 66.2 Å². The summed E-state index contributed by atoms with van der Waals surface area (Å²) in [5.74, 6) is 1.28. The highest BCUT2D eigenvalue weighted by Gasteiger charge is 2.38. The Balaban J connectivity index is 2.48. The molecule has 4 atom stereocenters. The van der Waals surface area contributed by atoms with Crippen molar-refractivity contribution in [1.82, 2.24) is 5.32 Å². The van der Waals surface area contributed by atoms with E-state index < -0.39 is 5.54 Å². The molecule has 1 fully saturated rings. The molecule has 1 aliphatic rings. The van der Waals surface area contributed by atoms with Gasteiger partial charge in [-0.25, -0.2) is 0 Å². The lowest BCUT2D eigenvalue weighted by molar-refractivity contribution is -0.128. The first-order valence-corrected chi connectivity index (χ1v) is 7.47. The van der Waals surface area contributed by atoms with Crippen molar-refractivity contribution in [2.45, 2.75) is 77.8 Å². The third-order valence-electron chi connectivity index (χ3n) is 4.32. The second-order valence-electron chi connectivity index (χ2n) is 6.48. The van der Waals surface area contributed by atoms with Crippen LogP contribution in [0.15, 0.2) is 0 Å². The Labute approximate surface area is 112 Å². The first kappa shape index (κ1) is 15.5. The number of rotatable bonds is 5. The average Bonchev–Trinajstić information content (AvgIpc) is 2.28. The fourth-order valence-electron chi connectivity index (χ4n) is 2.99. The Morgan fingerprint density at radius 2 is 2.17 bits per heavy atom. The van der Waals surface area contributed by atoms with Crippen LogP contribution in [0.25, 0.3) is 0 Å². The minimum absolute atomic E-state index is 0.0600. The number of amides is 1. The third-order valence-corrected chi connectivity index (χ3v) is 4.32. The van der Waals surface area contributed by atoms with Gasteiger partial charge >= 0.3 is 0 Å². The predicted molar refractivity (Wildman–Crippen MR) is 76.2 cm³/mol. The summed E-state index contributed by atoms with van der Waals surface area (Å²) >= 11 is 0. The predicted octanol–water partition coefficient (Wildman–Crippen LogP) is 2.83. The highest BCUT2D eigenvalue weighted by Crippen LogP contribution is 2.30. The topological polar surface area (TPSA) is 55.1 Å². The van der Waals surface area contributed by atoms with E-state index in [9.17, 15) is 4.79 Å². The molecular formula is C15H30N2O. The molecule has 0 aromatic heterocycles. The molecule has 3 heteroatoms. The van der Waals surface area contributed by atoms with Gasteiger partial charge in [-0.15, -0.1) is 0 Å². The monoisotopic (exact) mass is 254 g/mol. The van der Waals surface area contributed by atoms with Gasteiger partial charge in [-0.05, 0) is 38.0 Å². The Hall–Kier alpha value is -0.570. The van der Waals surface area contributed by atoms with Gasteiger partial charge in [0, 0.05) is 6.04 Å². The molecule has 1 saturated carbocycles. The van der Waals surface area contributed by atoms with Crippen LogP contribution in [0.3, 0.4) is 0 Å². The van der Waals surface area contributed by atoms with Gasteiger partial charge in [0.1, 0.15) is 0 Å². The first-order valence-electron chi connectivity index (χ1n) is 7.47. The zero-order valence-electron chi connectivity index (χ0n) is 12.5. The molecule has 1 rings (SSSR count). The Kier molecular flexibility index (Phi) is 5.64. The Morgan fingerprint density at radius 3 is 2.72 bits per heavy atom. The molecule has 0 aliphatic heterocycles. The number of hydrogen-bond donors (Lipinski definition) is 2. The fraction of sp³-hybridized carbons (Fsp3) is 0.933. The molecular weight excluding hydrogens is 224 g/mol. The Morgan fingerprint density at radius 1 is 1.50 bits per heavy atom. The van der Waals surface area contributed by atoms with Crippen LogP contribution in [-0.4, -0.2) is 17.5 Å². The van der Waals surface area contributed by atoms with Gasteiger partial charge in [0.05, 0.1) is 5.54 Å². The van der Waals surface area contributed by atoms with Crippen LogP contribution in [0.4, 0.5) is 0 Å². The van der Waals surface area contributed by atoms with Gasteiger partial charge in [-0.2, -0.15) is 0 Å². The number of nitrogens with one attached hydrogen (secondary N) is 1. The minimum Gasteiger partial charge on any atom is -0.352 e. The smallest absolute Gasteiger partial charge is 0.240 e. The van der Waals surface area contributed by atoms with Crippen molar-refractivity contribution in [1.29, 1.82) is 0 Å². The quantitative estimate of drug-likeness (QED) is 0.792. The zero-order chi connectivity index (χ0) is 13.8. The summed E-state index contributed by atoms with van der Waals surface area (Å²) in [5.41, 5.74) is 5.67. The van der Waals surface area contributed by atoms with Crippen LogP contribution in [0.5, 0.6) is 0 Å². The summed E-state index contributed by atoms with van der Waals surface area (Å²) in [6, 6.07) is 0.227. The Bertz CT molecular complexity index is 280. The highest BCUT2D eigenvalue weighted by atomic mass is 16.2. The molecule has 4 unspecified atom stereocenters. The van der Waals surface area contributed by atoms with E-state index in [0.29, 0.717) is 11.8 Å². The molecule has 3 nitrogen and oxygen atoms in total. The van der Waals surface area contributed by atoms with E-state index in [-0.39, 0.29) is 11.9 Å². The van der Waals surface area contributed by atoms with Crippen molar-refractivity contribution in [3.05, 3.63) is 0 Å². The highest BCUT2D eigenvalue weighted by molar-refractivity contribution is 5.86. The maximum Gasteiger partial charge on any atom is 0.240 e. The summed E-state index contributed by atoms with van der Waals surface area (Å²) in [4.78, 5) is 12.3. The SMILES string of the molecule is CCC(C)CC(C)NC(=O)C1(N)CCCC(C)C1. The summed E-state index contributed by atoms with van der Waals surface area (Å²) in [6.45, 7) is 8.69.